The van der Waals surface area contributed by atoms with Crippen molar-refractivity contribution in [2.24, 2.45) is 0 Å². The first-order valence-corrected chi connectivity index (χ1v) is 11.6. The molecule has 0 N–H and O–H groups in total. The summed E-state index contributed by atoms with van der Waals surface area (Å²) in [5.74, 6) is 0.715. The van der Waals surface area contributed by atoms with Crippen LogP contribution in [0.2, 0.25) is 5.02 Å². The minimum Gasteiger partial charge on any atom is -0.495 e. The van der Waals surface area contributed by atoms with E-state index in [1.165, 1.54) is 0 Å². The van der Waals surface area contributed by atoms with Crippen molar-refractivity contribution in [2.45, 2.75) is 41.2 Å². The van der Waals surface area contributed by atoms with Crippen LogP contribution in [-0.2, 0) is 11.3 Å². The molecule has 0 bridgehead atoms. The van der Waals surface area contributed by atoms with Gasteiger partial charge >= 0.3 is 0 Å². The Kier molecular flexibility index (Phi) is 9.78. The number of rotatable bonds is 4. The second kappa shape index (κ2) is 12.3. The van der Waals surface area contributed by atoms with Gasteiger partial charge in [0.05, 0.1) is 18.3 Å². The lowest BCUT2D eigenvalue weighted by atomic mass is 10.2. The number of carbonyl (C=O) groups is 1. The third-order valence-electron chi connectivity index (χ3n) is 5.18. The van der Waals surface area contributed by atoms with Crippen LogP contribution in [0.1, 0.15) is 33.3 Å². The molecule has 0 aliphatic carbocycles. The highest BCUT2D eigenvalue weighted by Crippen LogP contribution is 2.29. The Morgan fingerprint density at radius 2 is 1.78 bits per heavy atom. The van der Waals surface area contributed by atoms with Gasteiger partial charge in [-0.1, -0.05) is 39.3 Å². The van der Waals surface area contributed by atoms with Gasteiger partial charge in [-0.2, -0.15) is 5.10 Å². The van der Waals surface area contributed by atoms with Gasteiger partial charge in [0, 0.05) is 49.5 Å². The zero-order valence-electron chi connectivity index (χ0n) is 19.9. The van der Waals surface area contributed by atoms with Crippen molar-refractivity contribution in [2.75, 3.05) is 38.2 Å². The van der Waals surface area contributed by atoms with Crippen molar-refractivity contribution in [1.82, 2.24) is 19.7 Å². The predicted octanol–water partition coefficient (Wildman–Crippen LogP) is 4.80. The summed E-state index contributed by atoms with van der Waals surface area (Å²) in [5, 5.41) is 5.93. The lowest BCUT2D eigenvalue weighted by molar-refractivity contribution is -0.132. The summed E-state index contributed by atoms with van der Waals surface area (Å²) in [5.41, 5.74) is 2.90. The first-order chi connectivity index (χ1) is 15.6. The number of nitrogens with zero attached hydrogens (tertiary/aromatic N) is 5. The number of carbonyl (C=O) groups excluding carboxylic acids is 1. The highest BCUT2D eigenvalue weighted by atomic mass is 35.5. The zero-order chi connectivity index (χ0) is 23.7. The molecule has 0 radical (unpaired) electrons. The molecule has 1 aliphatic rings. The van der Waals surface area contributed by atoms with Crippen molar-refractivity contribution < 1.29 is 9.53 Å². The average molecular weight is 460 g/mol. The van der Waals surface area contributed by atoms with E-state index >= 15 is 0 Å². The topological polar surface area (TPSA) is 63.5 Å². The lowest BCUT2D eigenvalue weighted by Crippen LogP contribution is -2.49. The SMILES string of the molecule is CC.CC.COc1cc(N2CCN(C(=O)Cn3ncc4c(C)ccnc43)CC2)ccc1Cl. The smallest absolute Gasteiger partial charge is 0.244 e. The van der Waals surface area contributed by atoms with Crippen LogP contribution in [0.25, 0.3) is 11.0 Å². The second-order valence-corrected chi connectivity index (χ2v) is 7.26. The zero-order valence-corrected chi connectivity index (χ0v) is 20.7. The van der Waals surface area contributed by atoms with E-state index in [1.54, 1.807) is 24.2 Å². The van der Waals surface area contributed by atoms with Gasteiger partial charge in [-0.3, -0.25) is 4.79 Å². The van der Waals surface area contributed by atoms with E-state index in [0.717, 1.165) is 35.4 Å². The molecule has 0 saturated carbocycles. The fraction of sp³-hybridized carbons (Fsp3) is 0.458. The van der Waals surface area contributed by atoms with E-state index in [0.29, 0.717) is 23.9 Å². The summed E-state index contributed by atoms with van der Waals surface area (Å²) in [6.07, 6.45) is 3.52. The molecular formula is C24H34ClN5O2. The number of anilines is 1. The average Bonchev–Trinajstić information content (AvgIpc) is 3.26. The van der Waals surface area contributed by atoms with Gasteiger partial charge in [0.1, 0.15) is 12.3 Å². The molecule has 1 saturated heterocycles. The number of halogens is 1. The van der Waals surface area contributed by atoms with Gasteiger partial charge in [-0.15, -0.1) is 0 Å². The Morgan fingerprint density at radius 3 is 2.44 bits per heavy atom. The van der Waals surface area contributed by atoms with Crippen LogP contribution in [0.15, 0.2) is 36.7 Å². The molecule has 1 aliphatic heterocycles. The van der Waals surface area contributed by atoms with Crippen LogP contribution in [0.4, 0.5) is 5.69 Å². The first kappa shape index (κ1) is 25.5. The highest BCUT2D eigenvalue weighted by Gasteiger charge is 2.23. The quantitative estimate of drug-likeness (QED) is 0.560. The maximum Gasteiger partial charge on any atom is 0.244 e. The molecule has 4 rings (SSSR count). The predicted molar refractivity (Wildman–Crippen MR) is 132 cm³/mol. The minimum atomic E-state index is 0.0571. The van der Waals surface area contributed by atoms with Gasteiger partial charge in [0.25, 0.3) is 0 Å². The summed E-state index contributed by atoms with van der Waals surface area (Å²) in [7, 11) is 1.61. The van der Waals surface area contributed by atoms with Crippen molar-refractivity contribution in [3.8, 4) is 5.75 Å². The summed E-state index contributed by atoms with van der Waals surface area (Å²) in [6.45, 7) is 13.1. The van der Waals surface area contributed by atoms with Crippen LogP contribution >= 0.6 is 11.6 Å². The Bertz CT molecular complexity index is 1010. The monoisotopic (exact) mass is 459 g/mol. The van der Waals surface area contributed by atoms with E-state index < -0.39 is 0 Å². The number of amides is 1. The van der Waals surface area contributed by atoms with E-state index in [1.807, 2.05) is 63.8 Å². The van der Waals surface area contributed by atoms with Gasteiger partial charge in [-0.05, 0) is 30.7 Å². The number of hydrogen-bond acceptors (Lipinski definition) is 5. The number of fused-ring (bicyclic) bond motifs is 1. The van der Waals surface area contributed by atoms with Crippen molar-refractivity contribution in [3.63, 3.8) is 0 Å². The molecule has 0 unspecified atom stereocenters. The third kappa shape index (κ3) is 5.71. The number of benzene rings is 1. The van der Waals surface area contributed by atoms with E-state index in [2.05, 4.69) is 15.0 Å². The maximum atomic E-state index is 12.8. The number of aromatic nitrogens is 3. The molecule has 3 aromatic rings. The number of ether oxygens (including phenoxy) is 1. The number of aryl methyl sites for hydroxylation is 1. The van der Waals surface area contributed by atoms with Gasteiger partial charge in [0.15, 0.2) is 5.65 Å². The fourth-order valence-electron chi connectivity index (χ4n) is 3.51. The first-order valence-electron chi connectivity index (χ1n) is 11.2. The van der Waals surface area contributed by atoms with Crippen LogP contribution in [0.5, 0.6) is 5.75 Å². The van der Waals surface area contributed by atoms with Gasteiger partial charge < -0.3 is 14.5 Å². The van der Waals surface area contributed by atoms with Gasteiger partial charge in [0.2, 0.25) is 5.91 Å². The second-order valence-electron chi connectivity index (χ2n) is 6.85. The van der Waals surface area contributed by atoms with Crippen molar-refractivity contribution in [3.05, 3.63) is 47.2 Å². The number of methoxy groups -OCH3 is 1. The molecule has 8 heteroatoms. The normalized spacial score (nSPS) is 13.1. The Hall–Kier alpha value is -2.80. The number of piperazine rings is 1. The van der Waals surface area contributed by atoms with Crippen molar-refractivity contribution >= 4 is 34.2 Å². The van der Waals surface area contributed by atoms with E-state index in [-0.39, 0.29) is 12.5 Å². The third-order valence-corrected chi connectivity index (χ3v) is 5.49. The van der Waals surface area contributed by atoms with Crippen LogP contribution in [0, 0.1) is 6.92 Å². The molecular weight excluding hydrogens is 426 g/mol. The fourth-order valence-corrected chi connectivity index (χ4v) is 3.70. The lowest BCUT2D eigenvalue weighted by Gasteiger charge is -2.36. The Morgan fingerprint density at radius 1 is 1.09 bits per heavy atom. The molecule has 32 heavy (non-hydrogen) atoms. The largest absolute Gasteiger partial charge is 0.495 e. The molecule has 3 heterocycles. The minimum absolute atomic E-state index is 0.0571. The van der Waals surface area contributed by atoms with Crippen LogP contribution in [-0.4, -0.2) is 58.9 Å². The number of hydrogen-bond donors (Lipinski definition) is 0. The Balaban J connectivity index is 0.000000860. The summed E-state index contributed by atoms with van der Waals surface area (Å²) in [6, 6.07) is 7.70. The summed E-state index contributed by atoms with van der Waals surface area (Å²) < 4.78 is 6.98. The molecule has 174 valence electrons. The summed E-state index contributed by atoms with van der Waals surface area (Å²) >= 11 is 6.11. The molecule has 1 amide bonds. The van der Waals surface area contributed by atoms with E-state index in [4.69, 9.17) is 16.3 Å². The maximum absolute atomic E-state index is 12.8. The molecule has 2 aromatic heterocycles. The molecule has 1 fully saturated rings. The Labute approximate surface area is 195 Å². The van der Waals surface area contributed by atoms with Gasteiger partial charge in [-0.25, -0.2) is 9.67 Å². The molecule has 0 spiro atoms. The molecule has 1 aromatic carbocycles. The standard InChI is InChI=1S/C20H22ClN5O2.2C2H6/c1-14-5-6-22-20-16(14)12-23-26(20)13-19(27)25-9-7-24(8-10-25)15-3-4-17(21)18(11-15)28-2;2*1-2/h3-6,11-12H,7-10,13H2,1-2H3;2*1-2H3. The van der Waals surface area contributed by atoms with Crippen LogP contribution < -0.4 is 9.64 Å². The van der Waals surface area contributed by atoms with Crippen molar-refractivity contribution in [1.29, 1.82) is 0 Å². The number of pyridine rings is 1. The van der Waals surface area contributed by atoms with E-state index in [9.17, 15) is 4.79 Å². The summed E-state index contributed by atoms with van der Waals surface area (Å²) in [4.78, 5) is 21.3. The molecule has 7 nitrogen and oxygen atoms in total. The highest BCUT2D eigenvalue weighted by molar-refractivity contribution is 6.32. The molecule has 0 atom stereocenters. The van der Waals surface area contributed by atoms with Crippen LogP contribution in [0.3, 0.4) is 0 Å².